The number of hydrogen-bond donors (Lipinski definition) is 1. The maximum Gasteiger partial charge on any atom is 0.264 e. The predicted molar refractivity (Wildman–Crippen MR) is 157 cm³/mol. The number of anilines is 1. The zero-order valence-electron chi connectivity index (χ0n) is 21.4. The minimum atomic E-state index is -4.29. The lowest BCUT2D eigenvalue weighted by Gasteiger charge is -2.33. The van der Waals surface area contributed by atoms with E-state index in [2.05, 4.69) is 5.32 Å². The standard InChI is InChI=1S/C27H27Cl4N3O4S/c1-17(2)32-27(36)18(3)33(15-21-22(29)10-7-11-23(21)30)26(35)16-34(25-14-19(28)12-13-24(25)31)39(37,38)20-8-5-4-6-9-20/h4-14,17-18H,15-16H2,1-3H3,(H,32,36)/t18-/m0/s1. The highest BCUT2D eigenvalue weighted by Crippen LogP contribution is 2.33. The fourth-order valence-corrected chi connectivity index (χ4v) is 6.15. The predicted octanol–water partition coefficient (Wildman–Crippen LogP) is 6.44. The van der Waals surface area contributed by atoms with Gasteiger partial charge in [-0.3, -0.25) is 13.9 Å². The van der Waals surface area contributed by atoms with Crippen LogP contribution < -0.4 is 9.62 Å². The first-order valence-corrected chi connectivity index (χ1v) is 14.8. The van der Waals surface area contributed by atoms with E-state index in [1.54, 1.807) is 57.2 Å². The lowest BCUT2D eigenvalue weighted by Crippen LogP contribution is -2.52. The minimum absolute atomic E-state index is 0.0105. The van der Waals surface area contributed by atoms with Crippen molar-refractivity contribution < 1.29 is 18.0 Å². The van der Waals surface area contributed by atoms with Crippen molar-refractivity contribution in [1.29, 1.82) is 0 Å². The minimum Gasteiger partial charge on any atom is -0.352 e. The number of amides is 2. The molecule has 0 bridgehead atoms. The van der Waals surface area contributed by atoms with Gasteiger partial charge in [0, 0.05) is 33.2 Å². The van der Waals surface area contributed by atoms with Gasteiger partial charge < -0.3 is 10.2 Å². The molecule has 0 saturated carbocycles. The first kappa shape index (κ1) is 31.0. The van der Waals surface area contributed by atoms with E-state index in [4.69, 9.17) is 46.4 Å². The van der Waals surface area contributed by atoms with Gasteiger partial charge >= 0.3 is 0 Å². The number of sulfonamides is 1. The van der Waals surface area contributed by atoms with E-state index < -0.39 is 34.4 Å². The number of carbonyl (C=O) groups excluding carboxylic acids is 2. The topological polar surface area (TPSA) is 86.8 Å². The van der Waals surface area contributed by atoms with Gasteiger partial charge in [-0.1, -0.05) is 70.7 Å². The van der Waals surface area contributed by atoms with Crippen molar-refractivity contribution in [1.82, 2.24) is 10.2 Å². The average molecular weight is 631 g/mol. The summed E-state index contributed by atoms with van der Waals surface area (Å²) in [7, 11) is -4.29. The second-order valence-corrected chi connectivity index (χ2v) is 12.5. The highest BCUT2D eigenvalue weighted by molar-refractivity contribution is 7.92. The number of nitrogens with zero attached hydrogens (tertiary/aromatic N) is 2. The quantitative estimate of drug-likeness (QED) is 0.279. The van der Waals surface area contributed by atoms with Gasteiger partial charge in [0.2, 0.25) is 11.8 Å². The van der Waals surface area contributed by atoms with Crippen molar-refractivity contribution >= 4 is 73.9 Å². The molecule has 3 aromatic carbocycles. The Morgan fingerprint density at radius 1 is 0.846 bits per heavy atom. The van der Waals surface area contributed by atoms with Crippen molar-refractivity contribution in [3.63, 3.8) is 0 Å². The first-order valence-electron chi connectivity index (χ1n) is 11.9. The summed E-state index contributed by atoms with van der Waals surface area (Å²) in [6, 6.07) is 15.6. The molecular weight excluding hydrogens is 604 g/mol. The molecule has 3 rings (SSSR count). The van der Waals surface area contributed by atoms with Crippen LogP contribution in [0, 0.1) is 0 Å². The molecule has 1 N–H and O–H groups in total. The fourth-order valence-electron chi connectivity index (χ4n) is 3.75. The summed E-state index contributed by atoms with van der Waals surface area (Å²) in [5, 5.41) is 3.66. The Morgan fingerprint density at radius 2 is 1.46 bits per heavy atom. The van der Waals surface area contributed by atoms with Crippen molar-refractivity contribution in [3.05, 3.63) is 92.4 Å². The highest BCUT2D eigenvalue weighted by Gasteiger charge is 2.34. The summed E-state index contributed by atoms with van der Waals surface area (Å²) in [5.74, 6) is -1.12. The Balaban J connectivity index is 2.10. The van der Waals surface area contributed by atoms with Crippen LogP contribution in [0.15, 0.2) is 71.6 Å². The molecule has 0 aliphatic heterocycles. The normalized spacial score (nSPS) is 12.2. The maximum absolute atomic E-state index is 13.9. The molecule has 208 valence electrons. The van der Waals surface area contributed by atoms with E-state index >= 15 is 0 Å². The summed E-state index contributed by atoms with van der Waals surface area (Å²) < 4.78 is 28.5. The summed E-state index contributed by atoms with van der Waals surface area (Å²) in [5.41, 5.74) is 0.424. The molecule has 1 atom stereocenters. The molecule has 12 heteroatoms. The fraction of sp³-hybridized carbons (Fsp3) is 0.259. The smallest absolute Gasteiger partial charge is 0.264 e. The SMILES string of the molecule is CC(C)NC(=O)[C@H](C)N(Cc1c(Cl)cccc1Cl)C(=O)CN(c1cc(Cl)ccc1Cl)S(=O)(=O)c1ccccc1. The first-order chi connectivity index (χ1) is 18.3. The van der Waals surface area contributed by atoms with Crippen LogP contribution in [0.25, 0.3) is 0 Å². The zero-order chi connectivity index (χ0) is 28.9. The van der Waals surface area contributed by atoms with Gasteiger partial charge in [-0.2, -0.15) is 0 Å². The second kappa shape index (κ2) is 13.2. The third-order valence-electron chi connectivity index (χ3n) is 5.78. The number of rotatable bonds is 10. The lowest BCUT2D eigenvalue weighted by molar-refractivity contribution is -0.139. The molecule has 0 unspecified atom stereocenters. The third kappa shape index (κ3) is 7.58. The van der Waals surface area contributed by atoms with E-state index in [9.17, 15) is 18.0 Å². The largest absolute Gasteiger partial charge is 0.352 e. The van der Waals surface area contributed by atoms with Crippen LogP contribution in [0.3, 0.4) is 0 Å². The molecule has 0 radical (unpaired) electrons. The second-order valence-electron chi connectivity index (χ2n) is 8.98. The molecule has 2 amide bonds. The molecule has 0 saturated heterocycles. The summed E-state index contributed by atoms with van der Waals surface area (Å²) >= 11 is 25.3. The monoisotopic (exact) mass is 629 g/mol. The average Bonchev–Trinajstić information content (AvgIpc) is 2.88. The van der Waals surface area contributed by atoms with Gasteiger partial charge in [-0.25, -0.2) is 8.42 Å². The van der Waals surface area contributed by atoms with Crippen LogP contribution in [-0.2, 0) is 26.2 Å². The van der Waals surface area contributed by atoms with E-state index in [-0.39, 0.29) is 33.2 Å². The summed E-state index contributed by atoms with van der Waals surface area (Å²) in [6.45, 7) is 4.29. The highest BCUT2D eigenvalue weighted by atomic mass is 35.5. The Bertz CT molecular complexity index is 1430. The van der Waals surface area contributed by atoms with E-state index in [0.29, 0.717) is 15.6 Å². The molecule has 3 aromatic rings. The molecule has 39 heavy (non-hydrogen) atoms. The van der Waals surface area contributed by atoms with Crippen molar-refractivity contribution in [2.75, 3.05) is 10.8 Å². The number of nitrogens with one attached hydrogen (secondary N) is 1. The molecule has 0 fully saturated rings. The van der Waals surface area contributed by atoms with Crippen LogP contribution in [0.2, 0.25) is 20.1 Å². The van der Waals surface area contributed by atoms with E-state index in [1.165, 1.54) is 35.2 Å². The van der Waals surface area contributed by atoms with Crippen LogP contribution in [0.5, 0.6) is 0 Å². The molecule has 7 nitrogen and oxygen atoms in total. The van der Waals surface area contributed by atoms with Crippen molar-refractivity contribution in [2.45, 2.75) is 44.3 Å². The molecule has 0 aliphatic rings. The Morgan fingerprint density at radius 3 is 2.05 bits per heavy atom. The molecule has 0 aliphatic carbocycles. The van der Waals surface area contributed by atoms with Gasteiger partial charge in [-0.15, -0.1) is 0 Å². The maximum atomic E-state index is 13.9. The Kier molecular flexibility index (Phi) is 10.5. The molecule has 0 heterocycles. The van der Waals surface area contributed by atoms with Gasteiger partial charge in [-0.05, 0) is 63.2 Å². The van der Waals surface area contributed by atoms with Gasteiger partial charge in [0.25, 0.3) is 10.0 Å². The van der Waals surface area contributed by atoms with E-state index in [0.717, 1.165) is 4.31 Å². The third-order valence-corrected chi connectivity index (χ3v) is 8.81. The number of hydrogen-bond acceptors (Lipinski definition) is 4. The van der Waals surface area contributed by atoms with Crippen molar-refractivity contribution in [3.8, 4) is 0 Å². The number of carbonyl (C=O) groups is 2. The van der Waals surface area contributed by atoms with Crippen LogP contribution in [-0.4, -0.2) is 43.8 Å². The van der Waals surface area contributed by atoms with Crippen molar-refractivity contribution in [2.24, 2.45) is 0 Å². The Hall–Kier alpha value is -2.49. The Labute approximate surface area is 248 Å². The molecular formula is C27H27Cl4N3O4S. The van der Waals surface area contributed by atoms with Crippen LogP contribution >= 0.6 is 46.4 Å². The van der Waals surface area contributed by atoms with Crippen LogP contribution in [0.1, 0.15) is 26.3 Å². The zero-order valence-corrected chi connectivity index (χ0v) is 25.2. The van der Waals surface area contributed by atoms with Gasteiger partial charge in [0.15, 0.2) is 0 Å². The van der Waals surface area contributed by atoms with Gasteiger partial charge in [0.1, 0.15) is 12.6 Å². The molecule has 0 spiro atoms. The lowest BCUT2D eigenvalue weighted by atomic mass is 10.1. The number of halogens is 4. The summed E-state index contributed by atoms with van der Waals surface area (Å²) in [6.07, 6.45) is 0. The summed E-state index contributed by atoms with van der Waals surface area (Å²) in [4.78, 5) is 28.1. The van der Waals surface area contributed by atoms with Crippen LogP contribution in [0.4, 0.5) is 5.69 Å². The van der Waals surface area contributed by atoms with Gasteiger partial charge in [0.05, 0.1) is 15.6 Å². The molecule has 0 aromatic heterocycles. The number of benzene rings is 3. The van der Waals surface area contributed by atoms with E-state index in [1.807, 2.05) is 0 Å².